The molecule has 1 aromatic carbocycles. The number of hydrogen-bond acceptors (Lipinski definition) is 1. The molecule has 2 rings (SSSR count). The number of rotatable bonds is 2. The van der Waals surface area contributed by atoms with E-state index in [0.29, 0.717) is 21.8 Å². The molecule has 0 heterocycles. The molecule has 106 valence electrons. The van der Waals surface area contributed by atoms with Crippen LogP contribution in [0.25, 0.3) is 0 Å². The van der Waals surface area contributed by atoms with Crippen LogP contribution >= 0.6 is 15.9 Å². The van der Waals surface area contributed by atoms with Gasteiger partial charge in [-0.15, -0.1) is 0 Å². The molecule has 0 radical (unpaired) electrons. The summed E-state index contributed by atoms with van der Waals surface area (Å²) in [5.41, 5.74) is 1.32. The zero-order chi connectivity index (χ0) is 14.0. The number of anilines is 1. The van der Waals surface area contributed by atoms with E-state index in [4.69, 9.17) is 0 Å². The van der Waals surface area contributed by atoms with Gasteiger partial charge in [-0.05, 0) is 58.3 Å². The first-order valence-corrected chi connectivity index (χ1v) is 7.89. The van der Waals surface area contributed by atoms with Gasteiger partial charge in [0.1, 0.15) is 5.82 Å². The summed E-state index contributed by atoms with van der Waals surface area (Å²) in [6.45, 7) is 6.95. The zero-order valence-electron chi connectivity index (χ0n) is 12.0. The predicted octanol–water partition coefficient (Wildman–Crippen LogP) is 5.61. The maximum atomic E-state index is 13.3. The maximum Gasteiger partial charge on any atom is 0.137 e. The van der Waals surface area contributed by atoms with Gasteiger partial charge in [0.15, 0.2) is 0 Å². The van der Waals surface area contributed by atoms with Crippen molar-refractivity contribution in [2.75, 3.05) is 5.32 Å². The second-order valence-electron chi connectivity index (χ2n) is 6.64. The smallest absolute Gasteiger partial charge is 0.137 e. The number of hydrogen-bond donors (Lipinski definition) is 1. The van der Waals surface area contributed by atoms with Crippen LogP contribution in [0, 0.1) is 17.2 Å². The van der Waals surface area contributed by atoms with E-state index < -0.39 is 0 Å². The summed E-state index contributed by atoms with van der Waals surface area (Å²) in [4.78, 5) is 0. The van der Waals surface area contributed by atoms with Crippen molar-refractivity contribution in [2.45, 2.75) is 52.5 Å². The van der Waals surface area contributed by atoms with Crippen LogP contribution in [0.15, 0.2) is 22.7 Å². The summed E-state index contributed by atoms with van der Waals surface area (Å²) >= 11 is 3.25. The summed E-state index contributed by atoms with van der Waals surface area (Å²) in [6.07, 6.45) is 5.10. The van der Waals surface area contributed by atoms with Gasteiger partial charge < -0.3 is 5.32 Å². The normalized spacial score (nSPS) is 24.3. The fourth-order valence-electron chi connectivity index (χ4n) is 3.14. The van der Waals surface area contributed by atoms with Gasteiger partial charge in [-0.25, -0.2) is 4.39 Å². The average molecular weight is 328 g/mol. The zero-order valence-corrected chi connectivity index (χ0v) is 13.6. The molecule has 3 heteroatoms. The van der Waals surface area contributed by atoms with Gasteiger partial charge in [-0.1, -0.05) is 33.6 Å². The van der Waals surface area contributed by atoms with Crippen molar-refractivity contribution in [1.82, 2.24) is 0 Å². The number of halogens is 2. The van der Waals surface area contributed by atoms with Crippen LogP contribution < -0.4 is 5.32 Å². The molecule has 1 fully saturated rings. The van der Waals surface area contributed by atoms with Gasteiger partial charge in [0, 0.05) is 11.7 Å². The van der Waals surface area contributed by atoms with Crippen LogP contribution in [-0.2, 0) is 0 Å². The van der Waals surface area contributed by atoms with Gasteiger partial charge in [0.05, 0.1) is 4.47 Å². The molecule has 1 aromatic rings. The Morgan fingerprint density at radius 3 is 2.53 bits per heavy atom. The van der Waals surface area contributed by atoms with Crippen LogP contribution in [0.5, 0.6) is 0 Å². The van der Waals surface area contributed by atoms with Crippen molar-refractivity contribution in [3.05, 3.63) is 28.5 Å². The van der Waals surface area contributed by atoms with Crippen LogP contribution in [0.2, 0.25) is 0 Å². The summed E-state index contributed by atoms with van der Waals surface area (Å²) in [6, 6.07) is 5.67. The van der Waals surface area contributed by atoms with Crippen molar-refractivity contribution in [3.63, 3.8) is 0 Å². The molecule has 0 amide bonds. The van der Waals surface area contributed by atoms with Gasteiger partial charge >= 0.3 is 0 Å². The first-order chi connectivity index (χ1) is 8.88. The fourth-order valence-corrected chi connectivity index (χ4v) is 3.52. The lowest BCUT2D eigenvalue weighted by Crippen LogP contribution is -2.39. The molecule has 0 bridgehead atoms. The molecule has 0 aliphatic heterocycles. The standard InChI is InChI=1S/C16H23BrFN/c1-16(2,3)12-6-4-5-7-15(12)19-11-8-9-14(18)13(17)10-11/h8-10,12,15,19H,4-7H2,1-3H3. The highest BCUT2D eigenvalue weighted by Gasteiger charge is 2.34. The summed E-state index contributed by atoms with van der Waals surface area (Å²) in [7, 11) is 0. The third-order valence-corrected chi connectivity index (χ3v) is 4.76. The van der Waals surface area contributed by atoms with Gasteiger partial charge in [-0.2, -0.15) is 0 Å². The highest BCUT2D eigenvalue weighted by Crippen LogP contribution is 2.39. The minimum atomic E-state index is -0.207. The van der Waals surface area contributed by atoms with E-state index in [0.717, 1.165) is 5.69 Å². The molecular weight excluding hydrogens is 305 g/mol. The third kappa shape index (κ3) is 3.71. The van der Waals surface area contributed by atoms with E-state index in [2.05, 4.69) is 42.0 Å². The Bertz CT molecular complexity index is 439. The Kier molecular flexibility index (Phi) is 4.54. The summed E-state index contributed by atoms with van der Waals surface area (Å²) in [5, 5.41) is 3.61. The summed E-state index contributed by atoms with van der Waals surface area (Å²) in [5.74, 6) is 0.464. The lowest BCUT2D eigenvalue weighted by atomic mass is 9.69. The van der Waals surface area contributed by atoms with Crippen molar-refractivity contribution < 1.29 is 4.39 Å². The van der Waals surface area contributed by atoms with Crippen molar-refractivity contribution >= 4 is 21.6 Å². The van der Waals surface area contributed by atoms with Crippen molar-refractivity contribution in [1.29, 1.82) is 0 Å². The molecule has 1 nitrogen and oxygen atoms in total. The lowest BCUT2D eigenvalue weighted by molar-refractivity contribution is 0.163. The second kappa shape index (κ2) is 5.82. The molecule has 0 aromatic heterocycles. The van der Waals surface area contributed by atoms with Crippen molar-refractivity contribution in [2.24, 2.45) is 11.3 Å². The molecular formula is C16H23BrFN. The van der Waals surface area contributed by atoms with Crippen LogP contribution in [0.1, 0.15) is 46.5 Å². The third-order valence-electron chi connectivity index (χ3n) is 4.15. The number of benzene rings is 1. The first kappa shape index (κ1) is 14.8. The van der Waals surface area contributed by atoms with Gasteiger partial charge in [0.25, 0.3) is 0 Å². The molecule has 1 saturated carbocycles. The van der Waals surface area contributed by atoms with E-state index in [9.17, 15) is 4.39 Å². The lowest BCUT2D eigenvalue weighted by Gasteiger charge is -2.41. The van der Waals surface area contributed by atoms with Gasteiger partial charge in [-0.3, -0.25) is 0 Å². The molecule has 1 N–H and O–H groups in total. The van der Waals surface area contributed by atoms with Crippen LogP contribution in [-0.4, -0.2) is 6.04 Å². The largest absolute Gasteiger partial charge is 0.382 e. The number of nitrogens with one attached hydrogen (secondary N) is 1. The van der Waals surface area contributed by atoms with Crippen LogP contribution in [0.4, 0.5) is 10.1 Å². The molecule has 19 heavy (non-hydrogen) atoms. The highest BCUT2D eigenvalue weighted by molar-refractivity contribution is 9.10. The van der Waals surface area contributed by atoms with E-state index >= 15 is 0 Å². The Morgan fingerprint density at radius 2 is 1.89 bits per heavy atom. The quantitative estimate of drug-likeness (QED) is 0.744. The molecule has 2 atom stereocenters. The SMILES string of the molecule is CC(C)(C)C1CCCCC1Nc1ccc(F)c(Br)c1. The topological polar surface area (TPSA) is 12.0 Å². The second-order valence-corrected chi connectivity index (χ2v) is 7.49. The fraction of sp³-hybridized carbons (Fsp3) is 0.625. The molecule has 0 spiro atoms. The Morgan fingerprint density at radius 1 is 1.21 bits per heavy atom. The van der Waals surface area contributed by atoms with E-state index in [1.54, 1.807) is 0 Å². The molecule has 1 aliphatic carbocycles. The minimum Gasteiger partial charge on any atom is -0.382 e. The average Bonchev–Trinajstić information content (AvgIpc) is 2.33. The molecule has 1 aliphatic rings. The maximum absolute atomic E-state index is 13.3. The minimum absolute atomic E-state index is 0.207. The van der Waals surface area contributed by atoms with E-state index in [-0.39, 0.29) is 5.82 Å². The predicted molar refractivity (Wildman–Crippen MR) is 82.9 cm³/mol. The first-order valence-electron chi connectivity index (χ1n) is 7.09. The monoisotopic (exact) mass is 327 g/mol. The van der Waals surface area contributed by atoms with E-state index in [1.807, 2.05) is 12.1 Å². The Labute approximate surface area is 124 Å². The highest BCUT2D eigenvalue weighted by atomic mass is 79.9. The van der Waals surface area contributed by atoms with Gasteiger partial charge in [0.2, 0.25) is 0 Å². The molecule has 2 unspecified atom stereocenters. The Hall–Kier alpha value is -0.570. The van der Waals surface area contributed by atoms with Crippen LogP contribution in [0.3, 0.4) is 0 Å². The molecule has 0 saturated heterocycles. The van der Waals surface area contributed by atoms with Crippen molar-refractivity contribution in [3.8, 4) is 0 Å². The Balaban J connectivity index is 2.13. The summed E-state index contributed by atoms with van der Waals surface area (Å²) < 4.78 is 13.8. The van der Waals surface area contributed by atoms with E-state index in [1.165, 1.54) is 31.7 Å².